The lowest BCUT2D eigenvalue weighted by Gasteiger charge is -1.94. The Morgan fingerprint density at radius 2 is 2.00 bits per heavy atom. The molecule has 0 N–H and O–H groups in total. The summed E-state index contributed by atoms with van der Waals surface area (Å²) in [6.45, 7) is 0.245. The van der Waals surface area contributed by atoms with E-state index in [4.69, 9.17) is 4.74 Å². The van der Waals surface area contributed by atoms with Gasteiger partial charge in [0.2, 0.25) is 0 Å². The third-order valence-electron chi connectivity index (χ3n) is 1.81. The van der Waals surface area contributed by atoms with Gasteiger partial charge in [-0.25, -0.2) is 4.39 Å². The van der Waals surface area contributed by atoms with E-state index in [0.29, 0.717) is 6.33 Å². The number of aryl methyl sites for hydroxylation is 1. The summed E-state index contributed by atoms with van der Waals surface area (Å²) >= 11 is 0. The summed E-state index contributed by atoms with van der Waals surface area (Å²) in [6, 6.07) is 10.2. The number of rotatable bonds is 4. The van der Waals surface area contributed by atoms with E-state index in [2.05, 4.69) is 24.0 Å². The van der Waals surface area contributed by atoms with Gasteiger partial charge in [-0.15, -0.1) is 0 Å². The van der Waals surface area contributed by atoms with E-state index in [-0.39, 0.29) is 6.61 Å². The summed E-state index contributed by atoms with van der Waals surface area (Å²) < 4.78 is 16.1. The van der Waals surface area contributed by atoms with Crippen molar-refractivity contribution in [3.8, 4) is 11.8 Å². The maximum absolute atomic E-state index is 11.4. The maximum atomic E-state index is 11.4. The molecule has 0 amide bonds. The minimum Gasteiger partial charge on any atom is -0.486 e. The molecule has 2 heteroatoms. The quantitative estimate of drug-likeness (QED) is 0.416. The molecule has 0 saturated heterocycles. The molecule has 0 heterocycles. The molecular formula is C13H13FO. The lowest BCUT2D eigenvalue weighted by Crippen LogP contribution is -1.83. The summed E-state index contributed by atoms with van der Waals surface area (Å²) in [5.41, 5.74) is 1.27. The van der Waals surface area contributed by atoms with Crippen LogP contribution in [0.3, 0.4) is 0 Å². The van der Waals surface area contributed by atoms with Crippen LogP contribution in [-0.2, 0) is 11.2 Å². The second kappa shape index (κ2) is 7.64. The zero-order valence-electron chi connectivity index (χ0n) is 8.45. The normalized spacial score (nSPS) is 9.67. The summed E-state index contributed by atoms with van der Waals surface area (Å²) in [6.07, 6.45) is 3.08. The molecular weight excluding hydrogens is 191 g/mol. The van der Waals surface area contributed by atoms with Gasteiger partial charge in [0.25, 0.3) is 0 Å². The highest BCUT2D eigenvalue weighted by Gasteiger charge is 1.87. The van der Waals surface area contributed by atoms with Crippen LogP contribution in [-0.4, -0.2) is 6.61 Å². The third kappa shape index (κ3) is 5.53. The van der Waals surface area contributed by atoms with Gasteiger partial charge in [0.1, 0.15) is 19.2 Å². The maximum Gasteiger partial charge on any atom is 0.148 e. The minimum atomic E-state index is 0.245. The zero-order valence-corrected chi connectivity index (χ0v) is 8.45. The fraction of sp³-hybridized carbons (Fsp3) is 0.231. The average molecular weight is 204 g/mol. The van der Waals surface area contributed by atoms with E-state index in [9.17, 15) is 4.39 Å². The van der Waals surface area contributed by atoms with Gasteiger partial charge in [0, 0.05) is 6.42 Å². The molecule has 0 radical (unpaired) electrons. The molecule has 0 saturated carbocycles. The van der Waals surface area contributed by atoms with Gasteiger partial charge in [0.15, 0.2) is 0 Å². The van der Waals surface area contributed by atoms with Gasteiger partial charge in [-0.05, 0) is 12.0 Å². The molecule has 0 unspecified atom stereocenters. The lowest BCUT2D eigenvalue weighted by atomic mass is 10.1. The van der Waals surface area contributed by atoms with Crippen molar-refractivity contribution < 1.29 is 9.13 Å². The van der Waals surface area contributed by atoms with Gasteiger partial charge in [0.05, 0.1) is 0 Å². The van der Waals surface area contributed by atoms with Crippen LogP contribution < -0.4 is 0 Å². The van der Waals surface area contributed by atoms with Crippen molar-refractivity contribution in [2.24, 2.45) is 0 Å². The molecule has 1 aromatic rings. The largest absolute Gasteiger partial charge is 0.486 e. The zero-order chi connectivity index (χ0) is 10.8. The fourth-order valence-corrected chi connectivity index (χ4v) is 1.12. The van der Waals surface area contributed by atoms with Crippen LogP contribution in [0.1, 0.15) is 12.0 Å². The highest BCUT2D eigenvalue weighted by Crippen LogP contribution is 2.00. The Balaban J connectivity index is 2.16. The Kier molecular flexibility index (Phi) is 5.76. The van der Waals surface area contributed by atoms with Crippen LogP contribution in [0.5, 0.6) is 0 Å². The molecule has 78 valence electrons. The topological polar surface area (TPSA) is 9.23 Å². The molecule has 0 aromatic heterocycles. The van der Waals surface area contributed by atoms with Crippen molar-refractivity contribution in [2.75, 3.05) is 6.61 Å². The lowest BCUT2D eigenvalue weighted by molar-refractivity contribution is 0.290. The van der Waals surface area contributed by atoms with Crippen LogP contribution >= 0.6 is 0 Å². The molecule has 0 atom stereocenters. The van der Waals surface area contributed by atoms with Crippen molar-refractivity contribution in [3.05, 3.63) is 48.5 Å². The number of benzene rings is 1. The highest BCUT2D eigenvalue weighted by molar-refractivity contribution is 5.16. The van der Waals surface area contributed by atoms with Gasteiger partial charge >= 0.3 is 0 Å². The number of halogens is 1. The second-order valence-electron chi connectivity index (χ2n) is 2.91. The molecule has 15 heavy (non-hydrogen) atoms. The smallest absolute Gasteiger partial charge is 0.148 e. The predicted octanol–water partition coefficient (Wildman–Crippen LogP) is 3.08. The Morgan fingerprint density at radius 1 is 1.20 bits per heavy atom. The molecule has 0 aliphatic heterocycles. The van der Waals surface area contributed by atoms with Crippen molar-refractivity contribution in [2.45, 2.75) is 12.8 Å². The van der Waals surface area contributed by atoms with E-state index < -0.39 is 0 Å². The molecule has 1 rings (SSSR count). The van der Waals surface area contributed by atoms with Crippen molar-refractivity contribution in [1.82, 2.24) is 0 Å². The van der Waals surface area contributed by atoms with E-state index in [1.54, 1.807) is 0 Å². The van der Waals surface area contributed by atoms with Crippen molar-refractivity contribution in [1.29, 1.82) is 0 Å². The average Bonchev–Trinajstić information content (AvgIpc) is 2.29. The molecule has 0 aliphatic carbocycles. The summed E-state index contributed by atoms with van der Waals surface area (Å²) in [5.74, 6) is 5.76. The first-order valence-corrected chi connectivity index (χ1v) is 4.80. The fourth-order valence-electron chi connectivity index (χ4n) is 1.12. The van der Waals surface area contributed by atoms with E-state index in [1.165, 1.54) is 5.56 Å². The molecule has 0 aliphatic rings. The standard InChI is InChI=1S/C13H13FO/c14-10-12-15-11-6-2-5-9-13-7-3-1-4-8-13/h1,3-4,7-8,10,12H,5,9,11H2/b12-10-. The van der Waals surface area contributed by atoms with Crippen LogP contribution in [0.25, 0.3) is 0 Å². The van der Waals surface area contributed by atoms with Gasteiger partial charge in [-0.3, -0.25) is 0 Å². The Labute approximate surface area is 89.6 Å². The molecule has 0 spiro atoms. The summed E-state index contributed by atoms with van der Waals surface area (Å²) in [5, 5.41) is 0. The summed E-state index contributed by atoms with van der Waals surface area (Å²) in [7, 11) is 0. The van der Waals surface area contributed by atoms with Crippen molar-refractivity contribution >= 4 is 0 Å². The van der Waals surface area contributed by atoms with Crippen molar-refractivity contribution in [3.63, 3.8) is 0 Å². The van der Waals surface area contributed by atoms with Crippen LogP contribution in [0.15, 0.2) is 42.9 Å². The molecule has 1 aromatic carbocycles. The molecule has 0 bridgehead atoms. The molecule has 1 nitrogen and oxygen atoms in total. The Morgan fingerprint density at radius 3 is 2.73 bits per heavy atom. The number of ether oxygens (including phenoxy) is 1. The minimum absolute atomic E-state index is 0.245. The van der Waals surface area contributed by atoms with Crippen LogP contribution in [0.4, 0.5) is 4.39 Å². The Hall–Kier alpha value is -1.75. The monoisotopic (exact) mass is 204 g/mol. The van der Waals surface area contributed by atoms with Gasteiger partial charge in [-0.2, -0.15) is 0 Å². The highest BCUT2D eigenvalue weighted by atomic mass is 19.1. The predicted molar refractivity (Wildman–Crippen MR) is 58.7 cm³/mol. The third-order valence-corrected chi connectivity index (χ3v) is 1.81. The molecule has 0 fully saturated rings. The van der Waals surface area contributed by atoms with E-state index in [0.717, 1.165) is 19.1 Å². The number of hydrogen-bond acceptors (Lipinski definition) is 1. The first kappa shape index (κ1) is 11.3. The first-order chi connectivity index (χ1) is 7.43. The Bertz CT molecular complexity index is 346. The van der Waals surface area contributed by atoms with Crippen LogP contribution in [0, 0.1) is 11.8 Å². The first-order valence-electron chi connectivity index (χ1n) is 4.80. The van der Waals surface area contributed by atoms with Crippen LogP contribution in [0.2, 0.25) is 0 Å². The van der Waals surface area contributed by atoms with Gasteiger partial charge < -0.3 is 4.74 Å². The van der Waals surface area contributed by atoms with E-state index >= 15 is 0 Å². The van der Waals surface area contributed by atoms with E-state index in [1.807, 2.05) is 18.2 Å². The van der Waals surface area contributed by atoms with Gasteiger partial charge in [-0.1, -0.05) is 42.2 Å². The summed E-state index contributed by atoms with van der Waals surface area (Å²) in [4.78, 5) is 0. The second-order valence-corrected chi connectivity index (χ2v) is 2.91. The number of hydrogen-bond donors (Lipinski definition) is 0. The SMILES string of the molecule is F/C=C\OCC#CCCc1ccccc1.